The molecular formula is C17H18N4O5. The average molecular weight is 358 g/mol. The third kappa shape index (κ3) is 2.31. The summed E-state index contributed by atoms with van der Waals surface area (Å²) in [6, 6.07) is 0.460. The maximum atomic E-state index is 12.9. The lowest BCUT2D eigenvalue weighted by Crippen LogP contribution is -2.44. The van der Waals surface area contributed by atoms with Crippen LogP contribution in [-0.2, 0) is 16.1 Å². The van der Waals surface area contributed by atoms with E-state index in [2.05, 4.69) is 10.1 Å². The van der Waals surface area contributed by atoms with E-state index >= 15 is 0 Å². The molecule has 2 aromatic rings. The summed E-state index contributed by atoms with van der Waals surface area (Å²) >= 11 is 0. The molecule has 0 bridgehead atoms. The van der Waals surface area contributed by atoms with Crippen molar-refractivity contribution in [1.29, 1.82) is 0 Å². The van der Waals surface area contributed by atoms with E-state index in [1.54, 1.807) is 12.3 Å². The number of amides is 1. The third-order valence-electron chi connectivity index (χ3n) is 5.48. The smallest absolute Gasteiger partial charge is 0.326 e. The zero-order valence-electron chi connectivity index (χ0n) is 14.1. The monoisotopic (exact) mass is 358 g/mol. The van der Waals surface area contributed by atoms with Crippen molar-refractivity contribution >= 4 is 28.6 Å². The van der Waals surface area contributed by atoms with Gasteiger partial charge in [-0.05, 0) is 18.9 Å². The van der Waals surface area contributed by atoms with Crippen LogP contribution in [0.15, 0.2) is 18.5 Å². The van der Waals surface area contributed by atoms with Crippen molar-refractivity contribution in [2.75, 3.05) is 6.61 Å². The summed E-state index contributed by atoms with van der Waals surface area (Å²) in [5, 5.41) is 23.8. The molecule has 0 aromatic carbocycles. The molecule has 1 amide bonds. The standard InChI is InChI=1S/C17H18N4O5/c1-9(23)15-10-2-3-18-6-12(10)20(19-15)7-14(24)21-11(16(25)26)4-17(8-22)5-13(17)21/h2-3,6,11,13,22H,4-5,7-8H2,1H3,(H,25,26)/t11-,13+,17-/m0/s1. The lowest BCUT2D eigenvalue weighted by Gasteiger charge is -2.24. The van der Waals surface area contributed by atoms with Gasteiger partial charge < -0.3 is 15.1 Å². The number of aliphatic carboxylic acids is 1. The highest BCUT2D eigenvalue weighted by molar-refractivity contribution is 6.04. The molecule has 3 heterocycles. The Kier molecular flexibility index (Phi) is 3.58. The van der Waals surface area contributed by atoms with Gasteiger partial charge in [-0.2, -0.15) is 5.10 Å². The van der Waals surface area contributed by atoms with Crippen LogP contribution in [0.3, 0.4) is 0 Å². The lowest BCUT2D eigenvalue weighted by atomic mass is 10.0. The van der Waals surface area contributed by atoms with Gasteiger partial charge >= 0.3 is 5.97 Å². The van der Waals surface area contributed by atoms with Crippen LogP contribution >= 0.6 is 0 Å². The van der Waals surface area contributed by atoms with Crippen LogP contribution in [0.4, 0.5) is 0 Å². The molecule has 4 rings (SSSR count). The Morgan fingerprint density at radius 3 is 2.77 bits per heavy atom. The Balaban J connectivity index is 1.66. The zero-order chi connectivity index (χ0) is 18.6. The summed E-state index contributed by atoms with van der Waals surface area (Å²) in [5.41, 5.74) is 0.306. The minimum absolute atomic E-state index is 0.131. The summed E-state index contributed by atoms with van der Waals surface area (Å²) in [4.78, 5) is 41.6. The van der Waals surface area contributed by atoms with Gasteiger partial charge in [0.05, 0.1) is 18.3 Å². The predicted octanol–water partition coefficient (Wildman–Crippen LogP) is 0.0704. The number of pyridine rings is 1. The first-order valence-corrected chi connectivity index (χ1v) is 8.34. The van der Waals surface area contributed by atoms with Gasteiger partial charge in [0, 0.05) is 30.0 Å². The van der Waals surface area contributed by atoms with Gasteiger partial charge in [-0.1, -0.05) is 0 Å². The normalized spacial score (nSPS) is 26.8. The van der Waals surface area contributed by atoms with Gasteiger partial charge in [-0.3, -0.25) is 19.3 Å². The van der Waals surface area contributed by atoms with Gasteiger partial charge in [-0.15, -0.1) is 0 Å². The first-order valence-electron chi connectivity index (χ1n) is 8.34. The molecule has 26 heavy (non-hydrogen) atoms. The number of Topliss-reactive ketones (excluding diaryl/α,β-unsaturated/α-hetero) is 1. The highest BCUT2D eigenvalue weighted by Gasteiger charge is 2.67. The fraction of sp³-hybridized carbons (Fsp3) is 0.471. The van der Waals surface area contributed by atoms with E-state index in [0.717, 1.165) is 0 Å². The number of carboxylic acids is 1. The largest absolute Gasteiger partial charge is 0.480 e. The molecule has 1 saturated carbocycles. The van der Waals surface area contributed by atoms with Crippen LogP contribution in [-0.4, -0.2) is 66.2 Å². The molecule has 0 spiro atoms. The number of hydrogen-bond acceptors (Lipinski definition) is 6. The molecule has 1 aliphatic heterocycles. The summed E-state index contributed by atoms with van der Waals surface area (Å²) in [6.07, 6.45) is 3.94. The van der Waals surface area contributed by atoms with E-state index in [4.69, 9.17) is 0 Å². The van der Waals surface area contributed by atoms with Crippen LogP contribution in [0.1, 0.15) is 30.3 Å². The molecule has 0 radical (unpaired) electrons. The Hall–Kier alpha value is -2.81. The summed E-state index contributed by atoms with van der Waals surface area (Å²) in [6.45, 7) is 1.08. The molecule has 1 saturated heterocycles. The number of ketones is 1. The second kappa shape index (κ2) is 5.60. The molecule has 3 atom stereocenters. The number of hydrogen-bond donors (Lipinski definition) is 2. The number of nitrogens with zero attached hydrogens (tertiary/aromatic N) is 4. The summed E-state index contributed by atoms with van der Waals surface area (Å²) < 4.78 is 1.39. The van der Waals surface area contributed by atoms with Crippen LogP contribution in [0, 0.1) is 5.41 Å². The predicted molar refractivity (Wildman–Crippen MR) is 88.3 cm³/mol. The second-order valence-electron chi connectivity index (χ2n) is 7.05. The van der Waals surface area contributed by atoms with Crippen molar-refractivity contribution in [1.82, 2.24) is 19.7 Å². The molecule has 1 aliphatic carbocycles. The first kappa shape index (κ1) is 16.6. The van der Waals surface area contributed by atoms with Crippen molar-refractivity contribution in [3.8, 4) is 0 Å². The van der Waals surface area contributed by atoms with Gasteiger partial charge in [0.2, 0.25) is 5.91 Å². The number of aromatic nitrogens is 3. The molecule has 136 valence electrons. The van der Waals surface area contributed by atoms with Crippen molar-refractivity contribution in [2.45, 2.75) is 38.4 Å². The van der Waals surface area contributed by atoms with E-state index in [0.29, 0.717) is 17.3 Å². The molecule has 2 fully saturated rings. The molecule has 2 aliphatic rings. The quantitative estimate of drug-likeness (QED) is 0.724. The number of fused-ring (bicyclic) bond motifs is 2. The molecule has 0 unspecified atom stereocenters. The van der Waals surface area contributed by atoms with Crippen LogP contribution in [0.25, 0.3) is 10.9 Å². The summed E-state index contributed by atoms with van der Waals surface area (Å²) in [5.74, 6) is -1.69. The Bertz CT molecular complexity index is 938. The molecule has 9 heteroatoms. The number of carbonyl (C=O) groups is 3. The van der Waals surface area contributed by atoms with Gasteiger partial charge in [0.15, 0.2) is 5.78 Å². The third-order valence-corrected chi connectivity index (χ3v) is 5.48. The number of aliphatic hydroxyl groups excluding tert-OH is 1. The minimum atomic E-state index is -1.07. The zero-order valence-corrected chi connectivity index (χ0v) is 14.1. The van der Waals surface area contributed by atoms with Crippen LogP contribution < -0.4 is 0 Å². The maximum Gasteiger partial charge on any atom is 0.326 e. The fourth-order valence-corrected chi connectivity index (χ4v) is 4.04. The number of aliphatic hydroxyl groups is 1. The van der Waals surface area contributed by atoms with Crippen molar-refractivity contribution in [2.24, 2.45) is 5.41 Å². The van der Waals surface area contributed by atoms with Crippen LogP contribution in [0.5, 0.6) is 0 Å². The first-order chi connectivity index (χ1) is 12.4. The second-order valence-corrected chi connectivity index (χ2v) is 7.05. The number of carboxylic acid groups (broad SMARTS) is 1. The van der Waals surface area contributed by atoms with Gasteiger partial charge in [0.25, 0.3) is 0 Å². The highest BCUT2D eigenvalue weighted by atomic mass is 16.4. The van der Waals surface area contributed by atoms with Gasteiger partial charge in [-0.25, -0.2) is 4.79 Å². The Labute approximate surface area is 148 Å². The SMILES string of the molecule is CC(=O)c1nn(CC(=O)N2[C@H](C(=O)O)C[C@@]3(CO)C[C@@H]23)c2cnccc12. The van der Waals surface area contributed by atoms with Crippen molar-refractivity contribution in [3.63, 3.8) is 0 Å². The number of rotatable bonds is 5. The minimum Gasteiger partial charge on any atom is -0.480 e. The number of likely N-dealkylation sites (tertiary alicyclic amines) is 1. The average Bonchev–Trinajstić information content (AvgIpc) is 3.04. The van der Waals surface area contributed by atoms with Crippen LogP contribution in [0.2, 0.25) is 0 Å². The van der Waals surface area contributed by atoms with Crippen molar-refractivity contribution < 1.29 is 24.6 Å². The highest BCUT2D eigenvalue weighted by Crippen LogP contribution is 2.59. The number of piperidine rings is 1. The topological polar surface area (TPSA) is 126 Å². The lowest BCUT2D eigenvalue weighted by molar-refractivity contribution is -0.149. The molecule has 9 nitrogen and oxygen atoms in total. The van der Waals surface area contributed by atoms with Crippen molar-refractivity contribution in [3.05, 3.63) is 24.2 Å². The maximum absolute atomic E-state index is 12.9. The van der Waals surface area contributed by atoms with E-state index in [9.17, 15) is 24.6 Å². The fourth-order valence-electron chi connectivity index (χ4n) is 4.04. The van der Waals surface area contributed by atoms with E-state index in [-0.39, 0.29) is 37.1 Å². The molecule has 2 aromatic heterocycles. The Morgan fingerprint density at radius 2 is 2.12 bits per heavy atom. The molecular weight excluding hydrogens is 340 g/mol. The van der Waals surface area contributed by atoms with Gasteiger partial charge in [0.1, 0.15) is 18.3 Å². The van der Waals surface area contributed by atoms with E-state index < -0.39 is 23.3 Å². The Morgan fingerprint density at radius 1 is 1.35 bits per heavy atom. The summed E-state index contributed by atoms with van der Waals surface area (Å²) in [7, 11) is 0. The number of carbonyl (C=O) groups excluding carboxylic acids is 2. The van der Waals surface area contributed by atoms with E-state index in [1.807, 2.05) is 0 Å². The van der Waals surface area contributed by atoms with E-state index in [1.165, 1.54) is 22.7 Å². The molecule has 2 N–H and O–H groups in total.